The molecular formula is C12H13BrINO. The van der Waals surface area contributed by atoms with Crippen molar-refractivity contribution in [1.82, 2.24) is 0 Å². The summed E-state index contributed by atoms with van der Waals surface area (Å²) in [5.74, 6) is 0.392. The Morgan fingerprint density at radius 1 is 1.38 bits per heavy atom. The van der Waals surface area contributed by atoms with Gasteiger partial charge < -0.3 is 5.32 Å². The number of benzene rings is 1. The largest absolute Gasteiger partial charge is 0.326 e. The molecule has 0 bridgehead atoms. The van der Waals surface area contributed by atoms with Crippen LogP contribution in [0.15, 0.2) is 22.7 Å². The maximum atomic E-state index is 11.9. The Morgan fingerprint density at radius 2 is 2.06 bits per heavy atom. The first-order valence-electron chi connectivity index (χ1n) is 5.43. The van der Waals surface area contributed by atoms with E-state index >= 15 is 0 Å². The minimum absolute atomic E-state index is 0.172. The molecule has 0 atom stereocenters. The molecule has 0 aliphatic heterocycles. The second-order valence-corrected chi connectivity index (χ2v) is 6.12. The molecule has 1 N–H and O–H groups in total. The molecule has 2 rings (SSSR count). The molecule has 0 spiro atoms. The lowest BCUT2D eigenvalue weighted by Gasteiger charge is -2.10. The Hall–Kier alpha value is -0.100. The highest BCUT2D eigenvalue weighted by Crippen LogP contribution is 2.27. The van der Waals surface area contributed by atoms with Crippen LogP contribution >= 0.6 is 38.5 Å². The van der Waals surface area contributed by atoms with Gasteiger partial charge in [0.05, 0.1) is 0 Å². The van der Waals surface area contributed by atoms with E-state index in [1.54, 1.807) is 0 Å². The predicted octanol–water partition coefficient (Wildman–Crippen LogP) is 4.18. The maximum Gasteiger partial charge on any atom is 0.227 e. The van der Waals surface area contributed by atoms with Crippen LogP contribution in [0.5, 0.6) is 0 Å². The quantitative estimate of drug-likeness (QED) is 0.750. The molecule has 2 nitrogen and oxygen atoms in total. The van der Waals surface area contributed by atoms with Crippen molar-refractivity contribution in [3.63, 3.8) is 0 Å². The number of halogens is 2. The molecule has 0 unspecified atom stereocenters. The highest BCUT2D eigenvalue weighted by molar-refractivity contribution is 14.1. The van der Waals surface area contributed by atoms with Gasteiger partial charge in [-0.05, 0) is 69.6 Å². The van der Waals surface area contributed by atoms with Crippen molar-refractivity contribution in [3.05, 3.63) is 26.2 Å². The highest BCUT2D eigenvalue weighted by atomic mass is 127. The summed E-state index contributed by atoms with van der Waals surface area (Å²) in [7, 11) is 0. The van der Waals surface area contributed by atoms with E-state index < -0.39 is 0 Å². The van der Waals surface area contributed by atoms with Crippen LogP contribution in [0.25, 0.3) is 0 Å². The number of hydrogen-bond donors (Lipinski definition) is 1. The maximum absolute atomic E-state index is 11.9. The zero-order valence-electron chi connectivity index (χ0n) is 8.80. The second-order valence-electron chi connectivity index (χ2n) is 4.10. The van der Waals surface area contributed by atoms with Gasteiger partial charge in [0.2, 0.25) is 5.91 Å². The van der Waals surface area contributed by atoms with Crippen LogP contribution in [0.4, 0.5) is 5.69 Å². The van der Waals surface area contributed by atoms with Crippen LogP contribution < -0.4 is 5.32 Å². The molecule has 0 radical (unpaired) electrons. The lowest BCUT2D eigenvalue weighted by molar-refractivity contribution is -0.119. The van der Waals surface area contributed by atoms with Gasteiger partial charge in [0, 0.05) is 19.6 Å². The number of carbonyl (C=O) groups excluding carboxylic acids is 1. The van der Waals surface area contributed by atoms with Crippen LogP contribution in [0.3, 0.4) is 0 Å². The van der Waals surface area contributed by atoms with Crippen molar-refractivity contribution in [1.29, 1.82) is 0 Å². The van der Waals surface area contributed by atoms with Gasteiger partial charge in [0.15, 0.2) is 0 Å². The van der Waals surface area contributed by atoms with E-state index in [2.05, 4.69) is 43.8 Å². The molecule has 0 aromatic heterocycles. The Kier molecular flexibility index (Phi) is 4.24. The smallest absolute Gasteiger partial charge is 0.227 e. The molecule has 1 aliphatic carbocycles. The molecule has 1 fully saturated rings. The van der Waals surface area contributed by atoms with Gasteiger partial charge in [-0.15, -0.1) is 0 Å². The van der Waals surface area contributed by atoms with Crippen molar-refractivity contribution in [2.45, 2.75) is 25.7 Å². The Labute approximate surface area is 117 Å². The first-order valence-corrected chi connectivity index (χ1v) is 7.30. The van der Waals surface area contributed by atoms with Crippen LogP contribution in [-0.4, -0.2) is 5.91 Å². The molecule has 4 heteroatoms. The van der Waals surface area contributed by atoms with Gasteiger partial charge in [-0.3, -0.25) is 4.79 Å². The highest BCUT2D eigenvalue weighted by Gasteiger charge is 2.22. The summed E-state index contributed by atoms with van der Waals surface area (Å²) >= 11 is 5.71. The minimum Gasteiger partial charge on any atom is -0.326 e. The zero-order chi connectivity index (χ0) is 11.5. The van der Waals surface area contributed by atoms with E-state index in [9.17, 15) is 4.79 Å². The monoisotopic (exact) mass is 393 g/mol. The van der Waals surface area contributed by atoms with Crippen LogP contribution in [0.2, 0.25) is 0 Å². The summed E-state index contributed by atoms with van der Waals surface area (Å²) in [6.07, 6.45) is 4.46. The van der Waals surface area contributed by atoms with Gasteiger partial charge in [-0.2, -0.15) is 0 Å². The summed E-state index contributed by atoms with van der Waals surface area (Å²) in [5, 5.41) is 2.98. The van der Waals surface area contributed by atoms with Gasteiger partial charge in [-0.1, -0.05) is 12.8 Å². The zero-order valence-corrected chi connectivity index (χ0v) is 12.5. The number of carbonyl (C=O) groups is 1. The molecule has 1 saturated carbocycles. The molecule has 16 heavy (non-hydrogen) atoms. The number of hydrogen-bond acceptors (Lipinski definition) is 1. The van der Waals surface area contributed by atoms with Crippen LogP contribution in [-0.2, 0) is 4.79 Å². The molecule has 0 heterocycles. The molecular weight excluding hydrogens is 381 g/mol. The van der Waals surface area contributed by atoms with E-state index in [1.165, 1.54) is 12.8 Å². The number of anilines is 1. The Balaban J connectivity index is 2.02. The van der Waals surface area contributed by atoms with Gasteiger partial charge in [0.1, 0.15) is 0 Å². The molecule has 1 aromatic carbocycles. The van der Waals surface area contributed by atoms with Crippen molar-refractivity contribution in [2.75, 3.05) is 5.32 Å². The SMILES string of the molecule is O=C(Nc1ccc(I)c(Br)c1)C1CCCC1. The topological polar surface area (TPSA) is 29.1 Å². The molecule has 1 amide bonds. The van der Waals surface area contributed by atoms with Crippen LogP contribution in [0, 0.1) is 9.49 Å². The third-order valence-electron chi connectivity index (χ3n) is 2.91. The third-order valence-corrected chi connectivity index (χ3v) is 5.25. The van der Waals surface area contributed by atoms with Crippen molar-refractivity contribution < 1.29 is 4.79 Å². The lowest BCUT2D eigenvalue weighted by atomic mass is 10.1. The Morgan fingerprint density at radius 3 is 2.69 bits per heavy atom. The summed E-state index contributed by atoms with van der Waals surface area (Å²) in [4.78, 5) is 11.9. The standard InChI is InChI=1S/C12H13BrINO/c13-10-7-9(5-6-11(10)14)15-12(16)8-3-1-2-4-8/h5-8H,1-4H2,(H,15,16). The second kappa shape index (κ2) is 5.49. The van der Waals surface area contributed by atoms with E-state index in [0.29, 0.717) is 0 Å². The fraction of sp³-hybridized carbons (Fsp3) is 0.417. The molecule has 0 saturated heterocycles. The third kappa shape index (κ3) is 2.97. The van der Waals surface area contributed by atoms with Gasteiger partial charge in [-0.25, -0.2) is 0 Å². The first kappa shape index (κ1) is 12.4. The van der Waals surface area contributed by atoms with Crippen molar-refractivity contribution in [2.24, 2.45) is 5.92 Å². The van der Waals surface area contributed by atoms with Gasteiger partial charge >= 0.3 is 0 Å². The van der Waals surface area contributed by atoms with Crippen LogP contribution in [0.1, 0.15) is 25.7 Å². The summed E-state index contributed by atoms with van der Waals surface area (Å²) < 4.78 is 2.17. The summed E-state index contributed by atoms with van der Waals surface area (Å²) in [6.45, 7) is 0. The van der Waals surface area contributed by atoms with E-state index in [-0.39, 0.29) is 11.8 Å². The number of amides is 1. The number of rotatable bonds is 2. The van der Waals surface area contributed by atoms with Gasteiger partial charge in [0.25, 0.3) is 0 Å². The summed E-state index contributed by atoms with van der Waals surface area (Å²) in [6, 6.07) is 5.89. The lowest BCUT2D eigenvalue weighted by Crippen LogP contribution is -2.20. The molecule has 1 aliphatic rings. The fourth-order valence-electron chi connectivity index (χ4n) is 2.01. The summed E-state index contributed by atoms with van der Waals surface area (Å²) in [5.41, 5.74) is 0.879. The Bertz CT molecular complexity index is 402. The number of nitrogens with one attached hydrogen (secondary N) is 1. The van der Waals surface area contributed by atoms with E-state index in [1.807, 2.05) is 18.2 Å². The average molecular weight is 394 g/mol. The van der Waals surface area contributed by atoms with E-state index in [0.717, 1.165) is 26.6 Å². The first-order chi connectivity index (χ1) is 7.66. The normalized spacial score (nSPS) is 16.4. The average Bonchev–Trinajstić information content (AvgIpc) is 2.77. The molecule has 1 aromatic rings. The predicted molar refractivity (Wildman–Crippen MR) is 77.4 cm³/mol. The minimum atomic E-state index is 0.172. The van der Waals surface area contributed by atoms with E-state index in [4.69, 9.17) is 0 Å². The van der Waals surface area contributed by atoms with Crippen molar-refractivity contribution >= 4 is 50.1 Å². The molecule has 86 valence electrons. The van der Waals surface area contributed by atoms with Crippen molar-refractivity contribution in [3.8, 4) is 0 Å². The fourth-order valence-corrected chi connectivity index (χ4v) is 2.72.